The van der Waals surface area contributed by atoms with Crippen LogP contribution >= 0.6 is 0 Å². The molecule has 3 rings (SSSR count). The van der Waals surface area contributed by atoms with Gasteiger partial charge in [0.25, 0.3) is 0 Å². The smallest absolute Gasteiger partial charge is 0.407 e. The van der Waals surface area contributed by atoms with E-state index >= 15 is 0 Å². The molecule has 0 heterocycles. The van der Waals surface area contributed by atoms with Crippen LogP contribution in [0.4, 0.5) is 4.79 Å². The minimum Gasteiger partial charge on any atom is -0.449 e. The summed E-state index contributed by atoms with van der Waals surface area (Å²) in [6, 6.07) is 16.5. The number of aliphatic hydroxyl groups excluding tert-OH is 2. The van der Waals surface area contributed by atoms with Crippen LogP contribution in [0, 0.1) is 0 Å². The van der Waals surface area contributed by atoms with Crippen LogP contribution in [0.25, 0.3) is 11.1 Å². The number of hydrogen-bond acceptors (Lipinski definition) is 4. The van der Waals surface area contributed by atoms with E-state index in [2.05, 4.69) is 29.6 Å². The molecule has 5 heteroatoms. The Balaban J connectivity index is 1.50. The van der Waals surface area contributed by atoms with E-state index in [9.17, 15) is 9.90 Å². The second-order valence-corrected chi connectivity index (χ2v) is 6.58. The molecule has 1 aliphatic carbocycles. The van der Waals surface area contributed by atoms with Gasteiger partial charge in [0.2, 0.25) is 0 Å². The Hall–Kier alpha value is -2.37. The lowest BCUT2D eigenvalue weighted by molar-refractivity contribution is 0.0861. The molecule has 1 atom stereocenters. The van der Waals surface area contributed by atoms with Crippen molar-refractivity contribution in [2.45, 2.75) is 31.3 Å². The Kier molecular flexibility index (Phi) is 6.26. The van der Waals surface area contributed by atoms with Crippen molar-refractivity contribution in [1.29, 1.82) is 0 Å². The summed E-state index contributed by atoms with van der Waals surface area (Å²) in [6.07, 6.45) is 0.911. The molecule has 0 spiro atoms. The van der Waals surface area contributed by atoms with Gasteiger partial charge in [-0.05, 0) is 41.5 Å². The van der Waals surface area contributed by atoms with Crippen molar-refractivity contribution >= 4 is 6.09 Å². The second-order valence-electron chi connectivity index (χ2n) is 6.58. The van der Waals surface area contributed by atoms with Gasteiger partial charge in [0.1, 0.15) is 6.61 Å². The maximum atomic E-state index is 12.0. The predicted octanol–water partition coefficient (Wildman–Crippen LogP) is 3.05. The van der Waals surface area contributed by atoms with Crippen molar-refractivity contribution in [1.82, 2.24) is 5.32 Å². The maximum Gasteiger partial charge on any atom is 0.407 e. The molecule has 2 aromatic carbocycles. The number of alkyl carbamates (subject to hydrolysis) is 1. The first kappa shape index (κ1) is 18.4. The first-order valence-corrected chi connectivity index (χ1v) is 9.08. The summed E-state index contributed by atoms with van der Waals surface area (Å²) in [4.78, 5) is 12.0. The maximum absolute atomic E-state index is 12.0. The topological polar surface area (TPSA) is 78.8 Å². The molecule has 1 amide bonds. The molecule has 1 unspecified atom stereocenters. The summed E-state index contributed by atoms with van der Waals surface area (Å²) in [5, 5.41) is 20.8. The molecular weight excluding hydrogens is 330 g/mol. The molecule has 0 aliphatic heterocycles. The highest BCUT2D eigenvalue weighted by atomic mass is 16.5. The summed E-state index contributed by atoms with van der Waals surface area (Å²) >= 11 is 0. The lowest BCUT2D eigenvalue weighted by atomic mass is 9.98. The van der Waals surface area contributed by atoms with Crippen molar-refractivity contribution in [3.8, 4) is 11.1 Å². The molecule has 0 fully saturated rings. The van der Waals surface area contributed by atoms with Crippen LogP contribution in [0.15, 0.2) is 48.5 Å². The minimum absolute atomic E-state index is 0.0628. The SMILES string of the molecule is O=C(NCCCCC(O)CO)OCC1c2ccccc2-c2ccccc21. The first-order valence-electron chi connectivity index (χ1n) is 9.08. The van der Waals surface area contributed by atoms with E-state index in [1.807, 2.05) is 24.3 Å². The van der Waals surface area contributed by atoms with Gasteiger partial charge >= 0.3 is 6.09 Å². The Labute approximate surface area is 153 Å². The molecule has 0 bridgehead atoms. The standard InChI is InChI=1S/C21H25NO4/c23-13-15(24)7-5-6-12-22-21(25)26-14-20-18-10-3-1-8-16(18)17-9-2-4-11-19(17)20/h1-4,8-11,15,20,23-24H,5-7,12-14H2,(H,22,25). The van der Waals surface area contributed by atoms with Gasteiger partial charge in [0.05, 0.1) is 12.7 Å². The van der Waals surface area contributed by atoms with E-state index in [4.69, 9.17) is 9.84 Å². The van der Waals surface area contributed by atoms with E-state index in [0.29, 0.717) is 19.6 Å². The van der Waals surface area contributed by atoms with Crippen molar-refractivity contribution < 1.29 is 19.7 Å². The van der Waals surface area contributed by atoms with Gasteiger partial charge in [-0.2, -0.15) is 0 Å². The quantitative estimate of drug-likeness (QED) is 0.636. The van der Waals surface area contributed by atoms with Gasteiger partial charge in [-0.1, -0.05) is 48.5 Å². The molecule has 0 radical (unpaired) electrons. The zero-order valence-corrected chi connectivity index (χ0v) is 14.7. The number of rotatable bonds is 8. The average molecular weight is 355 g/mol. The lowest BCUT2D eigenvalue weighted by Crippen LogP contribution is -2.27. The molecule has 2 aromatic rings. The highest BCUT2D eigenvalue weighted by Crippen LogP contribution is 2.44. The zero-order chi connectivity index (χ0) is 18.4. The normalized spacial score (nSPS) is 13.8. The Morgan fingerprint density at radius 2 is 1.65 bits per heavy atom. The van der Waals surface area contributed by atoms with Gasteiger partial charge in [0, 0.05) is 12.5 Å². The van der Waals surface area contributed by atoms with E-state index in [1.165, 1.54) is 22.3 Å². The number of fused-ring (bicyclic) bond motifs is 3. The van der Waals surface area contributed by atoms with Crippen LogP contribution in [-0.2, 0) is 4.74 Å². The fourth-order valence-electron chi connectivity index (χ4n) is 3.44. The Morgan fingerprint density at radius 3 is 2.27 bits per heavy atom. The Morgan fingerprint density at radius 1 is 1.04 bits per heavy atom. The highest BCUT2D eigenvalue weighted by molar-refractivity contribution is 5.79. The number of nitrogens with one attached hydrogen (secondary N) is 1. The van der Waals surface area contributed by atoms with E-state index in [1.54, 1.807) is 0 Å². The fraction of sp³-hybridized carbons (Fsp3) is 0.381. The van der Waals surface area contributed by atoms with E-state index in [0.717, 1.165) is 12.8 Å². The molecule has 0 saturated carbocycles. The number of unbranched alkanes of at least 4 members (excludes halogenated alkanes) is 1. The van der Waals surface area contributed by atoms with Crippen molar-refractivity contribution in [3.05, 3.63) is 59.7 Å². The van der Waals surface area contributed by atoms with Gasteiger partial charge in [-0.15, -0.1) is 0 Å². The average Bonchev–Trinajstić information content (AvgIpc) is 3.00. The fourth-order valence-corrected chi connectivity index (χ4v) is 3.44. The van der Waals surface area contributed by atoms with E-state index in [-0.39, 0.29) is 12.5 Å². The van der Waals surface area contributed by atoms with Gasteiger partial charge in [-0.25, -0.2) is 4.79 Å². The Bertz CT molecular complexity index is 701. The monoisotopic (exact) mass is 355 g/mol. The number of carbonyl (C=O) groups excluding carboxylic acids is 1. The summed E-state index contributed by atoms with van der Waals surface area (Å²) in [7, 11) is 0. The molecule has 0 saturated heterocycles. The zero-order valence-electron chi connectivity index (χ0n) is 14.7. The molecular formula is C21H25NO4. The van der Waals surface area contributed by atoms with Crippen LogP contribution in [0.1, 0.15) is 36.3 Å². The van der Waals surface area contributed by atoms with Crippen LogP contribution in [0.3, 0.4) is 0 Å². The second kappa shape index (κ2) is 8.83. The molecule has 26 heavy (non-hydrogen) atoms. The number of hydrogen-bond donors (Lipinski definition) is 3. The molecule has 1 aliphatic rings. The number of ether oxygens (including phenoxy) is 1. The van der Waals surface area contributed by atoms with Gasteiger partial charge in [-0.3, -0.25) is 0 Å². The molecule has 5 nitrogen and oxygen atoms in total. The largest absolute Gasteiger partial charge is 0.449 e. The van der Waals surface area contributed by atoms with Crippen molar-refractivity contribution in [2.75, 3.05) is 19.8 Å². The third kappa shape index (κ3) is 4.23. The summed E-state index contributed by atoms with van der Waals surface area (Å²) < 4.78 is 5.45. The summed E-state index contributed by atoms with van der Waals surface area (Å²) in [5.41, 5.74) is 4.80. The van der Waals surface area contributed by atoms with Crippen molar-refractivity contribution in [2.24, 2.45) is 0 Å². The van der Waals surface area contributed by atoms with Crippen LogP contribution in [0.5, 0.6) is 0 Å². The number of carbonyl (C=O) groups is 1. The van der Waals surface area contributed by atoms with E-state index < -0.39 is 12.2 Å². The lowest BCUT2D eigenvalue weighted by Gasteiger charge is -2.14. The number of benzene rings is 2. The summed E-state index contributed by atoms with van der Waals surface area (Å²) in [6.45, 7) is 0.581. The third-order valence-electron chi connectivity index (χ3n) is 4.79. The molecule has 138 valence electrons. The van der Waals surface area contributed by atoms with Crippen LogP contribution < -0.4 is 5.32 Å². The van der Waals surface area contributed by atoms with Crippen molar-refractivity contribution in [3.63, 3.8) is 0 Å². The first-order chi connectivity index (χ1) is 12.7. The highest BCUT2D eigenvalue weighted by Gasteiger charge is 2.28. The summed E-state index contributed by atoms with van der Waals surface area (Å²) in [5.74, 6) is 0.0628. The molecule has 3 N–H and O–H groups in total. The van der Waals surface area contributed by atoms with Crippen LogP contribution in [0.2, 0.25) is 0 Å². The predicted molar refractivity (Wildman–Crippen MR) is 100 cm³/mol. The van der Waals surface area contributed by atoms with Gasteiger partial charge < -0.3 is 20.3 Å². The molecule has 0 aromatic heterocycles. The number of amides is 1. The van der Waals surface area contributed by atoms with Crippen LogP contribution in [-0.4, -0.2) is 42.2 Å². The minimum atomic E-state index is -0.676. The third-order valence-corrected chi connectivity index (χ3v) is 4.79. The van der Waals surface area contributed by atoms with Gasteiger partial charge in [0.15, 0.2) is 0 Å². The number of aliphatic hydroxyl groups is 2.